The molecule has 0 saturated heterocycles. The van der Waals surface area contributed by atoms with Crippen molar-refractivity contribution in [2.75, 3.05) is 19.5 Å². The minimum absolute atomic E-state index is 0.267. The Morgan fingerprint density at radius 1 is 1.37 bits per heavy atom. The van der Waals surface area contributed by atoms with Gasteiger partial charge in [-0.3, -0.25) is 4.98 Å². The van der Waals surface area contributed by atoms with Gasteiger partial charge in [0.05, 0.1) is 12.8 Å². The van der Waals surface area contributed by atoms with Gasteiger partial charge in [0.25, 0.3) is 0 Å². The van der Waals surface area contributed by atoms with Crippen molar-refractivity contribution in [3.05, 3.63) is 23.5 Å². The lowest BCUT2D eigenvalue weighted by molar-refractivity contribution is 0.310. The van der Waals surface area contributed by atoms with E-state index in [4.69, 9.17) is 16.3 Å². The first-order valence-corrected chi connectivity index (χ1v) is 7.28. The molecular weight excluding hydrogens is 260 g/mol. The number of methoxy groups -OCH3 is 1. The van der Waals surface area contributed by atoms with Crippen LogP contribution < -0.4 is 10.1 Å². The molecule has 1 N–H and O–H groups in total. The number of hydrogen-bond donors (Lipinski definition) is 1. The summed E-state index contributed by atoms with van der Waals surface area (Å²) in [6.45, 7) is 8.23. The Balaban J connectivity index is 2.46. The lowest BCUT2D eigenvalue weighted by Crippen LogP contribution is -2.29. The van der Waals surface area contributed by atoms with E-state index in [0.29, 0.717) is 0 Å². The lowest BCUT2D eigenvalue weighted by Gasteiger charge is -2.24. The third-order valence-electron chi connectivity index (χ3n) is 3.11. The third-order valence-corrected chi connectivity index (χ3v) is 3.38. The second-order valence-corrected chi connectivity index (χ2v) is 6.08. The first kappa shape index (κ1) is 16.3. The number of alkyl halides is 1. The Morgan fingerprint density at radius 3 is 2.74 bits per heavy atom. The number of pyridine rings is 1. The van der Waals surface area contributed by atoms with Gasteiger partial charge in [0.2, 0.25) is 0 Å². The number of nitrogens with zero attached hydrogens (tertiary/aromatic N) is 1. The fourth-order valence-electron chi connectivity index (χ4n) is 2.07. The van der Waals surface area contributed by atoms with Gasteiger partial charge >= 0.3 is 0 Å². The van der Waals surface area contributed by atoms with Crippen LogP contribution in [0, 0.1) is 12.3 Å². The van der Waals surface area contributed by atoms with Gasteiger partial charge in [-0.25, -0.2) is 0 Å². The van der Waals surface area contributed by atoms with Crippen molar-refractivity contribution < 1.29 is 4.74 Å². The van der Waals surface area contributed by atoms with E-state index in [1.165, 1.54) is 0 Å². The van der Waals surface area contributed by atoms with Gasteiger partial charge in [-0.1, -0.05) is 13.8 Å². The Morgan fingerprint density at radius 2 is 2.11 bits per heavy atom. The van der Waals surface area contributed by atoms with Crippen molar-refractivity contribution in [3.63, 3.8) is 0 Å². The van der Waals surface area contributed by atoms with E-state index in [1.807, 2.05) is 19.1 Å². The number of halogens is 1. The molecule has 0 amide bonds. The molecule has 0 aromatic carbocycles. The number of ether oxygens (including phenoxy) is 1. The van der Waals surface area contributed by atoms with Gasteiger partial charge in [-0.15, -0.1) is 11.6 Å². The van der Waals surface area contributed by atoms with Crippen molar-refractivity contribution in [2.45, 2.75) is 40.2 Å². The predicted octanol–water partition coefficient (Wildman–Crippen LogP) is 3.53. The second-order valence-electron chi connectivity index (χ2n) is 5.70. The van der Waals surface area contributed by atoms with Crippen molar-refractivity contribution in [1.82, 2.24) is 10.3 Å². The van der Waals surface area contributed by atoms with Crippen LogP contribution in [-0.4, -0.2) is 24.5 Å². The zero-order valence-corrected chi connectivity index (χ0v) is 13.2. The molecule has 1 rings (SSSR count). The Kier molecular flexibility index (Phi) is 6.59. The van der Waals surface area contributed by atoms with Crippen LogP contribution in [0.3, 0.4) is 0 Å². The minimum Gasteiger partial charge on any atom is -0.497 e. The van der Waals surface area contributed by atoms with E-state index < -0.39 is 0 Å². The monoisotopic (exact) mass is 284 g/mol. The Bertz CT molecular complexity index is 394. The number of aryl methyl sites for hydroxylation is 1. The zero-order valence-electron chi connectivity index (χ0n) is 12.4. The third kappa shape index (κ3) is 6.26. The van der Waals surface area contributed by atoms with E-state index in [2.05, 4.69) is 24.1 Å². The van der Waals surface area contributed by atoms with E-state index in [1.54, 1.807) is 7.11 Å². The SMILES string of the molecule is COc1cc(C)nc(CNCC(C)(C)CCCCl)c1. The molecule has 1 heterocycles. The summed E-state index contributed by atoms with van der Waals surface area (Å²) in [6.07, 6.45) is 2.20. The molecular formula is C15H25ClN2O. The maximum atomic E-state index is 5.74. The number of nitrogens with one attached hydrogen (secondary N) is 1. The van der Waals surface area contributed by atoms with Crippen molar-refractivity contribution in [1.29, 1.82) is 0 Å². The molecule has 0 unspecified atom stereocenters. The smallest absolute Gasteiger partial charge is 0.122 e. The first-order chi connectivity index (χ1) is 8.96. The summed E-state index contributed by atoms with van der Waals surface area (Å²) in [6, 6.07) is 3.92. The molecule has 0 atom stereocenters. The fourth-order valence-corrected chi connectivity index (χ4v) is 2.21. The molecule has 0 aliphatic carbocycles. The van der Waals surface area contributed by atoms with Gasteiger partial charge in [0.15, 0.2) is 0 Å². The minimum atomic E-state index is 0.267. The van der Waals surface area contributed by atoms with E-state index in [-0.39, 0.29) is 5.41 Å². The number of aromatic nitrogens is 1. The normalized spacial score (nSPS) is 11.6. The summed E-state index contributed by atoms with van der Waals surface area (Å²) in [4.78, 5) is 4.50. The van der Waals surface area contributed by atoms with Crippen LogP contribution in [-0.2, 0) is 6.54 Å². The topological polar surface area (TPSA) is 34.1 Å². The molecule has 0 spiro atoms. The van der Waals surface area contributed by atoms with Crippen LogP contribution in [0.2, 0.25) is 0 Å². The van der Waals surface area contributed by atoms with Crippen LogP contribution in [0.5, 0.6) is 5.75 Å². The summed E-state index contributed by atoms with van der Waals surface area (Å²) < 4.78 is 5.25. The molecule has 0 radical (unpaired) electrons. The molecule has 108 valence electrons. The van der Waals surface area contributed by atoms with Crippen LogP contribution in [0.25, 0.3) is 0 Å². The van der Waals surface area contributed by atoms with Crippen molar-refractivity contribution in [2.24, 2.45) is 5.41 Å². The average molecular weight is 285 g/mol. The van der Waals surface area contributed by atoms with Gasteiger partial charge in [0.1, 0.15) is 5.75 Å². The highest BCUT2D eigenvalue weighted by atomic mass is 35.5. The molecule has 1 aromatic heterocycles. The number of hydrogen-bond acceptors (Lipinski definition) is 3. The largest absolute Gasteiger partial charge is 0.497 e. The van der Waals surface area contributed by atoms with Crippen molar-refractivity contribution in [3.8, 4) is 5.75 Å². The highest BCUT2D eigenvalue weighted by molar-refractivity contribution is 6.17. The highest BCUT2D eigenvalue weighted by Gasteiger charge is 2.16. The molecule has 0 saturated carbocycles. The van der Waals surface area contributed by atoms with Gasteiger partial charge in [-0.05, 0) is 25.2 Å². The van der Waals surface area contributed by atoms with E-state index in [0.717, 1.165) is 48.9 Å². The first-order valence-electron chi connectivity index (χ1n) is 6.75. The second kappa shape index (κ2) is 7.71. The summed E-state index contributed by atoms with van der Waals surface area (Å²) in [7, 11) is 1.68. The highest BCUT2D eigenvalue weighted by Crippen LogP contribution is 2.21. The van der Waals surface area contributed by atoms with E-state index >= 15 is 0 Å². The van der Waals surface area contributed by atoms with Crippen LogP contribution in [0.4, 0.5) is 0 Å². The van der Waals surface area contributed by atoms with Gasteiger partial charge < -0.3 is 10.1 Å². The standard InChI is InChI=1S/C15H25ClN2O/c1-12-8-14(19-4)9-13(18-12)10-17-11-15(2,3)6-5-7-16/h8-9,17H,5-7,10-11H2,1-4H3. The summed E-state index contributed by atoms with van der Waals surface area (Å²) in [5, 5.41) is 3.47. The van der Waals surface area contributed by atoms with Crippen LogP contribution in [0.15, 0.2) is 12.1 Å². The van der Waals surface area contributed by atoms with Crippen LogP contribution in [0.1, 0.15) is 38.1 Å². The molecule has 0 aliphatic rings. The lowest BCUT2D eigenvalue weighted by atomic mass is 9.88. The van der Waals surface area contributed by atoms with E-state index in [9.17, 15) is 0 Å². The summed E-state index contributed by atoms with van der Waals surface area (Å²) >= 11 is 5.74. The quantitative estimate of drug-likeness (QED) is 0.742. The van der Waals surface area contributed by atoms with Crippen LogP contribution >= 0.6 is 11.6 Å². The molecule has 0 aliphatic heterocycles. The summed E-state index contributed by atoms with van der Waals surface area (Å²) in [5.41, 5.74) is 2.27. The Labute approximate surface area is 121 Å². The molecule has 0 fully saturated rings. The predicted molar refractivity (Wildman–Crippen MR) is 81.0 cm³/mol. The fraction of sp³-hybridized carbons (Fsp3) is 0.667. The van der Waals surface area contributed by atoms with Gasteiger partial charge in [-0.2, -0.15) is 0 Å². The van der Waals surface area contributed by atoms with Crippen molar-refractivity contribution >= 4 is 11.6 Å². The van der Waals surface area contributed by atoms with Gasteiger partial charge in [0, 0.05) is 36.8 Å². The summed E-state index contributed by atoms with van der Waals surface area (Å²) in [5.74, 6) is 1.60. The molecule has 0 bridgehead atoms. The maximum Gasteiger partial charge on any atom is 0.122 e. The molecule has 19 heavy (non-hydrogen) atoms. The molecule has 3 nitrogen and oxygen atoms in total. The molecule has 1 aromatic rings. The maximum absolute atomic E-state index is 5.74. The average Bonchev–Trinajstić information content (AvgIpc) is 2.35. The Hall–Kier alpha value is -0.800. The zero-order chi connectivity index (χ0) is 14.3. The molecule has 4 heteroatoms. The number of rotatable bonds is 8.